The number of nitro groups is 1. The van der Waals surface area contributed by atoms with Crippen LogP contribution in [0.4, 0.5) is 5.69 Å². The predicted molar refractivity (Wildman–Crippen MR) is 85.6 cm³/mol. The van der Waals surface area contributed by atoms with Crippen LogP contribution in [0.5, 0.6) is 0 Å². The van der Waals surface area contributed by atoms with Crippen LogP contribution < -0.4 is 11.2 Å². The van der Waals surface area contributed by atoms with E-state index in [2.05, 4.69) is 0 Å². The molecule has 23 heavy (non-hydrogen) atoms. The maximum absolute atomic E-state index is 12.5. The van der Waals surface area contributed by atoms with Gasteiger partial charge < -0.3 is 0 Å². The van der Waals surface area contributed by atoms with Crippen molar-refractivity contribution in [2.45, 2.75) is 6.54 Å². The van der Waals surface area contributed by atoms with Crippen molar-refractivity contribution in [3.63, 3.8) is 0 Å². The average molecular weight is 311 g/mol. The minimum Gasteiger partial charge on any atom is -0.296 e. The standard InChI is InChI=1S/C16H13N3O4/c1-17-14-5-3-2-4-13(14)15(20)18(16(17)21)10-11-6-8-12(9-7-11)19(22)23/h2-9H,10H2,1H3. The van der Waals surface area contributed by atoms with Crippen molar-refractivity contribution < 1.29 is 4.92 Å². The van der Waals surface area contributed by atoms with Crippen LogP contribution in [0.25, 0.3) is 10.9 Å². The SMILES string of the molecule is Cn1c(=O)n(Cc2ccc([N+](=O)[O-])cc2)c(=O)c2ccccc21. The maximum atomic E-state index is 12.5. The molecule has 7 nitrogen and oxygen atoms in total. The lowest BCUT2D eigenvalue weighted by Crippen LogP contribution is -2.39. The third-order valence-corrected chi connectivity index (χ3v) is 3.75. The topological polar surface area (TPSA) is 87.1 Å². The Balaban J connectivity index is 2.12. The van der Waals surface area contributed by atoms with Crippen molar-refractivity contribution in [2.24, 2.45) is 7.05 Å². The summed E-state index contributed by atoms with van der Waals surface area (Å²) in [5.74, 6) is 0. The molecule has 0 spiro atoms. The van der Waals surface area contributed by atoms with E-state index in [0.29, 0.717) is 16.5 Å². The van der Waals surface area contributed by atoms with Gasteiger partial charge in [0, 0.05) is 19.2 Å². The third kappa shape index (κ3) is 2.52. The molecular formula is C16H13N3O4. The second kappa shape index (κ2) is 5.53. The Morgan fingerprint density at radius 2 is 1.70 bits per heavy atom. The predicted octanol–water partition coefficient (Wildman–Crippen LogP) is 1.66. The van der Waals surface area contributed by atoms with E-state index in [1.54, 1.807) is 43.4 Å². The zero-order chi connectivity index (χ0) is 16.6. The lowest BCUT2D eigenvalue weighted by atomic mass is 10.2. The molecule has 0 unspecified atom stereocenters. The molecular weight excluding hydrogens is 298 g/mol. The van der Waals surface area contributed by atoms with Crippen molar-refractivity contribution in [3.8, 4) is 0 Å². The van der Waals surface area contributed by atoms with E-state index in [1.165, 1.54) is 16.7 Å². The number of nitro benzene ring substituents is 1. The highest BCUT2D eigenvalue weighted by Gasteiger charge is 2.11. The van der Waals surface area contributed by atoms with Gasteiger partial charge in [0.15, 0.2) is 0 Å². The maximum Gasteiger partial charge on any atom is 0.331 e. The van der Waals surface area contributed by atoms with Gasteiger partial charge in [-0.2, -0.15) is 0 Å². The van der Waals surface area contributed by atoms with Crippen LogP contribution in [0, 0.1) is 10.1 Å². The summed E-state index contributed by atoms with van der Waals surface area (Å²) in [6, 6.07) is 12.7. The van der Waals surface area contributed by atoms with Crippen LogP contribution in [-0.2, 0) is 13.6 Å². The summed E-state index contributed by atoms with van der Waals surface area (Å²) in [5, 5.41) is 11.1. The van der Waals surface area contributed by atoms with Crippen LogP contribution in [0.15, 0.2) is 58.1 Å². The lowest BCUT2D eigenvalue weighted by molar-refractivity contribution is -0.384. The summed E-state index contributed by atoms with van der Waals surface area (Å²) >= 11 is 0. The molecule has 0 radical (unpaired) electrons. The zero-order valence-electron chi connectivity index (χ0n) is 12.3. The molecule has 1 heterocycles. The average Bonchev–Trinajstić information content (AvgIpc) is 2.57. The first kappa shape index (κ1) is 14.7. The molecule has 3 rings (SSSR count). The highest BCUT2D eigenvalue weighted by atomic mass is 16.6. The summed E-state index contributed by atoms with van der Waals surface area (Å²) in [4.78, 5) is 35.1. The lowest BCUT2D eigenvalue weighted by Gasteiger charge is -2.10. The second-order valence-corrected chi connectivity index (χ2v) is 5.17. The number of hydrogen-bond acceptors (Lipinski definition) is 4. The van der Waals surface area contributed by atoms with Gasteiger partial charge in [0.1, 0.15) is 0 Å². The molecule has 3 aromatic rings. The van der Waals surface area contributed by atoms with Crippen molar-refractivity contribution in [2.75, 3.05) is 0 Å². The Hall–Kier alpha value is -3.22. The highest BCUT2D eigenvalue weighted by molar-refractivity contribution is 5.77. The summed E-state index contributed by atoms with van der Waals surface area (Å²) in [5.41, 5.74) is 0.383. The molecule has 2 aromatic carbocycles. The highest BCUT2D eigenvalue weighted by Crippen LogP contribution is 2.12. The molecule has 0 N–H and O–H groups in total. The molecule has 0 bridgehead atoms. The number of para-hydroxylation sites is 1. The van der Waals surface area contributed by atoms with Gasteiger partial charge in [-0.05, 0) is 17.7 Å². The van der Waals surface area contributed by atoms with Gasteiger partial charge in [-0.25, -0.2) is 4.79 Å². The van der Waals surface area contributed by atoms with E-state index in [0.717, 1.165) is 4.57 Å². The van der Waals surface area contributed by atoms with Crippen LogP contribution in [0.3, 0.4) is 0 Å². The molecule has 7 heteroatoms. The quantitative estimate of drug-likeness (QED) is 0.543. The Labute approximate surface area is 130 Å². The smallest absolute Gasteiger partial charge is 0.296 e. The fourth-order valence-corrected chi connectivity index (χ4v) is 2.51. The molecule has 1 aromatic heterocycles. The molecule has 0 saturated heterocycles. The Morgan fingerprint density at radius 3 is 2.35 bits per heavy atom. The van der Waals surface area contributed by atoms with Gasteiger partial charge in [-0.15, -0.1) is 0 Å². The zero-order valence-corrected chi connectivity index (χ0v) is 12.3. The van der Waals surface area contributed by atoms with E-state index in [-0.39, 0.29) is 17.8 Å². The molecule has 116 valence electrons. The number of nitrogens with zero attached hydrogens (tertiary/aromatic N) is 3. The fourth-order valence-electron chi connectivity index (χ4n) is 2.51. The first-order valence-electron chi connectivity index (χ1n) is 6.91. The largest absolute Gasteiger partial charge is 0.331 e. The normalized spacial score (nSPS) is 10.8. The van der Waals surface area contributed by atoms with Crippen LogP contribution >= 0.6 is 0 Å². The number of non-ortho nitro benzene ring substituents is 1. The molecule has 0 fully saturated rings. The Bertz CT molecular complexity index is 1020. The van der Waals surface area contributed by atoms with Crippen molar-refractivity contribution >= 4 is 16.6 Å². The Morgan fingerprint density at radius 1 is 1.04 bits per heavy atom. The van der Waals surface area contributed by atoms with Crippen LogP contribution in [0.1, 0.15) is 5.56 Å². The molecule has 0 aliphatic carbocycles. The number of benzene rings is 2. The number of aromatic nitrogens is 2. The minimum absolute atomic E-state index is 0.0347. The van der Waals surface area contributed by atoms with Crippen molar-refractivity contribution in [1.29, 1.82) is 0 Å². The van der Waals surface area contributed by atoms with Gasteiger partial charge in [-0.1, -0.05) is 24.3 Å². The second-order valence-electron chi connectivity index (χ2n) is 5.17. The van der Waals surface area contributed by atoms with E-state index < -0.39 is 10.6 Å². The molecule has 0 saturated carbocycles. The minimum atomic E-state index is -0.495. The summed E-state index contributed by atoms with van der Waals surface area (Å²) in [6.07, 6.45) is 0. The van der Waals surface area contributed by atoms with Gasteiger partial charge in [0.05, 0.1) is 22.4 Å². The monoisotopic (exact) mass is 311 g/mol. The number of hydrogen-bond donors (Lipinski definition) is 0. The van der Waals surface area contributed by atoms with E-state index in [4.69, 9.17) is 0 Å². The number of aryl methyl sites for hydroxylation is 1. The van der Waals surface area contributed by atoms with E-state index in [1.807, 2.05) is 0 Å². The number of fused-ring (bicyclic) bond motifs is 1. The summed E-state index contributed by atoms with van der Waals surface area (Å²) in [7, 11) is 1.61. The van der Waals surface area contributed by atoms with E-state index in [9.17, 15) is 19.7 Å². The number of rotatable bonds is 3. The van der Waals surface area contributed by atoms with E-state index >= 15 is 0 Å². The van der Waals surface area contributed by atoms with Crippen LogP contribution in [-0.4, -0.2) is 14.1 Å². The van der Waals surface area contributed by atoms with Gasteiger partial charge >= 0.3 is 5.69 Å². The Kier molecular flexibility index (Phi) is 3.53. The third-order valence-electron chi connectivity index (χ3n) is 3.75. The first-order valence-corrected chi connectivity index (χ1v) is 6.91. The summed E-state index contributed by atoms with van der Waals surface area (Å²) in [6.45, 7) is 0.0638. The van der Waals surface area contributed by atoms with Gasteiger partial charge in [0.2, 0.25) is 0 Å². The van der Waals surface area contributed by atoms with Gasteiger partial charge in [0.25, 0.3) is 11.2 Å². The molecule has 0 aliphatic heterocycles. The van der Waals surface area contributed by atoms with Crippen molar-refractivity contribution in [3.05, 3.63) is 85.0 Å². The molecule has 0 amide bonds. The van der Waals surface area contributed by atoms with Crippen LogP contribution in [0.2, 0.25) is 0 Å². The summed E-state index contributed by atoms with van der Waals surface area (Å²) < 4.78 is 2.55. The molecule has 0 atom stereocenters. The molecule has 0 aliphatic rings. The fraction of sp³-hybridized carbons (Fsp3) is 0.125. The first-order chi connectivity index (χ1) is 11.0. The van der Waals surface area contributed by atoms with Crippen molar-refractivity contribution in [1.82, 2.24) is 9.13 Å². The van der Waals surface area contributed by atoms with Gasteiger partial charge in [-0.3, -0.25) is 24.0 Å².